The zero-order chi connectivity index (χ0) is 13.5. The number of methoxy groups -OCH3 is 1. The van der Waals surface area contributed by atoms with E-state index in [1.165, 1.54) is 24.1 Å². The monoisotopic (exact) mass is 252 g/mol. The highest BCUT2D eigenvalue weighted by molar-refractivity contribution is 5.92. The average Bonchev–Trinajstić information content (AvgIpc) is 2.37. The number of nitrogens with one attached hydrogen (secondary N) is 1. The number of esters is 1. The van der Waals surface area contributed by atoms with Crippen molar-refractivity contribution in [1.82, 2.24) is 9.88 Å². The largest absolute Gasteiger partial charge is 0.469 e. The molecular formula is C12H16N2O4. The normalized spacial score (nSPS) is 9.89. The lowest BCUT2D eigenvalue weighted by Crippen LogP contribution is -2.30. The highest BCUT2D eigenvalue weighted by atomic mass is 16.5. The Labute approximate surface area is 105 Å². The van der Waals surface area contributed by atoms with Crippen molar-refractivity contribution in [3.63, 3.8) is 0 Å². The molecule has 0 aliphatic carbocycles. The first-order chi connectivity index (χ1) is 8.54. The first-order valence-corrected chi connectivity index (χ1v) is 5.56. The predicted octanol–water partition coefficient (Wildman–Crippen LogP) is 0.400. The number of H-pyrrole nitrogens is 1. The van der Waals surface area contributed by atoms with Gasteiger partial charge in [0.25, 0.3) is 5.91 Å². The van der Waals surface area contributed by atoms with Crippen LogP contribution in [0.4, 0.5) is 0 Å². The lowest BCUT2D eigenvalue weighted by molar-refractivity contribution is -0.140. The van der Waals surface area contributed by atoms with Crippen molar-refractivity contribution in [3.8, 4) is 0 Å². The smallest absolute Gasteiger partial charge is 0.305 e. The molecule has 6 nitrogen and oxygen atoms in total. The van der Waals surface area contributed by atoms with Crippen LogP contribution in [0.5, 0.6) is 0 Å². The number of nitrogens with zero attached hydrogens (tertiary/aromatic N) is 1. The van der Waals surface area contributed by atoms with Gasteiger partial charge in [-0.15, -0.1) is 0 Å². The summed E-state index contributed by atoms with van der Waals surface area (Å²) in [7, 11) is 2.94. The van der Waals surface area contributed by atoms with E-state index in [1.807, 2.05) is 0 Å². The van der Waals surface area contributed by atoms with Crippen molar-refractivity contribution >= 4 is 11.9 Å². The fourth-order valence-electron chi connectivity index (χ4n) is 1.44. The van der Waals surface area contributed by atoms with Crippen LogP contribution in [0.3, 0.4) is 0 Å². The summed E-state index contributed by atoms with van der Waals surface area (Å²) < 4.78 is 4.50. The van der Waals surface area contributed by atoms with Gasteiger partial charge < -0.3 is 14.6 Å². The SMILES string of the molecule is COC(=O)CCCN(C)C(=O)c1cccc(=O)[nH]1. The van der Waals surface area contributed by atoms with Gasteiger partial charge in [-0.1, -0.05) is 6.07 Å². The number of hydrogen-bond donors (Lipinski definition) is 1. The Morgan fingerprint density at radius 1 is 1.39 bits per heavy atom. The molecule has 0 saturated heterocycles. The maximum absolute atomic E-state index is 11.9. The van der Waals surface area contributed by atoms with Crippen molar-refractivity contribution in [2.45, 2.75) is 12.8 Å². The summed E-state index contributed by atoms with van der Waals surface area (Å²) in [5, 5.41) is 0. The summed E-state index contributed by atoms with van der Waals surface area (Å²) in [4.78, 5) is 37.8. The molecule has 1 N–H and O–H groups in total. The number of ether oxygens (including phenoxy) is 1. The molecule has 18 heavy (non-hydrogen) atoms. The number of aromatic nitrogens is 1. The lowest BCUT2D eigenvalue weighted by atomic mass is 10.2. The fourth-order valence-corrected chi connectivity index (χ4v) is 1.44. The van der Waals surface area contributed by atoms with Gasteiger partial charge in [0, 0.05) is 26.1 Å². The van der Waals surface area contributed by atoms with E-state index in [9.17, 15) is 14.4 Å². The molecule has 0 saturated carbocycles. The number of carbonyl (C=O) groups excluding carboxylic acids is 2. The van der Waals surface area contributed by atoms with Crippen molar-refractivity contribution in [1.29, 1.82) is 0 Å². The van der Waals surface area contributed by atoms with Crippen LogP contribution >= 0.6 is 0 Å². The molecule has 0 aliphatic heterocycles. The van der Waals surface area contributed by atoms with Crippen molar-refractivity contribution in [2.75, 3.05) is 20.7 Å². The fraction of sp³-hybridized carbons (Fsp3) is 0.417. The van der Waals surface area contributed by atoms with Crippen LogP contribution in [0.15, 0.2) is 23.0 Å². The number of rotatable bonds is 5. The molecule has 0 aromatic carbocycles. The second kappa shape index (κ2) is 6.58. The van der Waals surface area contributed by atoms with Crippen LogP contribution in [0, 0.1) is 0 Å². The molecule has 98 valence electrons. The minimum Gasteiger partial charge on any atom is -0.469 e. The van der Waals surface area contributed by atoms with Crippen LogP contribution in [0.2, 0.25) is 0 Å². The third-order valence-corrected chi connectivity index (χ3v) is 2.45. The van der Waals surface area contributed by atoms with Crippen LogP contribution in [-0.4, -0.2) is 42.5 Å². The third kappa shape index (κ3) is 4.04. The van der Waals surface area contributed by atoms with Crippen molar-refractivity contribution < 1.29 is 14.3 Å². The second-order valence-electron chi connectivity index (χ2n) is 3.84. The molecule has 0 fully saturated rings. The van der Waals surface area contributed by atoms with E-state index in [0.29, 0.717) is 13.0 Å². The minimum absolute atomic E-state index is 0.239. The molecule has 0 bridgehead atoms. The standard InChI is InChI=1S/C12H16N2O4/c1-14(8-4-7-11(16)18-2)12(17)9-5-3-6-10(15)13-9/h3,5-6H,4,7-8H2,1-2H3,(H,13,15). The summed E-state index contributed by atoms with van der Waals surface area (Å²) in [6.45, 7) is 0.421. The maximum atomic E-state index is 11.9. The molecule has 0 atom stereocenters. The molecular weight excluding hydrogens is 236 g/mol. The number of carbonyl (C=O) groups is 2. The van der Waals surface area contributed by atoms with E-state index < -0.39 is 0 Å². The number of amides is 1. The molecule has 6 heteroatoms. The molecule has 0 unspecified atom stereocenters. The Hall–Kier alpha value is -2.11. The first-order valence-electron chi connectivity index (χ1n) is 5.56. The topological polar surface area (TPSA) is 79.5 Å². The zero-order valence-electron chi connectivity index (χ0n) is 10.4. The van der Waals surface area contributed by atoms with Crippen LogP contribution in [-0.2, 0) is 9.53 Å². The Kier molecular flexibility index (Phi) is 5.10. The Bertz CT molecular complexity index is 481. The van der Waals surface area contributed by atoms with Crippen molar-refractivity contribution in [2.24, 2.45) is 0 Å². The van der Waals surface area contributed by atoms with Gasteiger partial charge in [-0.05, 0) is 12.5 Å². The van der Waals surface area contributed by atoms with Crippen LogP contribution in [0.1, 0.15) is 23.3 Å². The van der Waals surface area contributed by atoms with Gasteiger partial charge in [-0.2, -0.15) is 0 Å². The zero-order valence-corrected chi connectivity index (χ0v) is 10.4. The van der Waals surface area contributed by atoms with E-state index in [-0.39, 0.29) is 29.6 Å². The summed E-state index contributed by atoms with van der Waals surface area (Å²) in [6, 6.07) is 4.41. The molecule has 1 rings (SSSR count). The van der Waals surface area contributed by atoms with E-state index in [0.717, 1.165) is 0 Å². The predicted molar refractivity (Wildman–Crippen MR) is 65.3 cm³/mol. The van der Waals surface area contributed by atoms with Gasteiger partial charge in [0.15, 0.2) is 0 Å². The summed E-state index contributed by atoms with van der Waals surface area (Å²) in [5.74, 6) is -0.582. The third-order valence-electron chi connectivity index (χ3n) is 2.45. The van der Waals surface area contributed by atoms with Gasteiger partial charge in [0.05, 0.1) is 7.11 Å². The Balaban J connectivity index is 2.51. The van der Waals surface area contributed by atoms with Crippen LogP contribution < -0.4 is 5.56 Å². The summed E-state index contributed by atoms with van der Waals surface area (Å²) in [5.41, 5.74) is -0.0770. The van der Waals surface area contributed by atoms with E-state index >= 15 is 0 Å². The summed E-state index contributed by atoms with van der Waals surface area (Å²) in [6.07, 6.45) is 0.783. The maximum Gasteiger partial charge on any atom is 0.305 e. The van der Waals surface area contributed by atoms with Gasteiger partial charge in [0.1, 0.15) is 5.69 Å². The Morgan fingerprint density at radius 2 is 2.11 bits per heavy atom. The van der Waals surface area contributed by atoms with Gasteiger partial charge in [0.2, 0.25) is 5.56 Å². The molecule has 1 amide bonds. The van der Waals surface area contributed by atoms with Gasteiger partial charge >= 0.3 is 5.97 Å². The quantitative estimate of drug-likeness (QED) is 0.769. The molecule has 1 heterocycles. The Morgan fingerprint density at radius 3 is 2.72 bits per heavy atom. The van der Waals surface area contributed by atoms with E-state index in [1.54, 1.807) is 13.1 Å². The minimum atomic E-state index is -0.316. The van der Waals surface area contributed by atoms with E-state index in [2.05, 4.69) is 9.72 Å². The molecule has 0 spiro atoms. The first kappa shape index (κ1) is 14.0. The van der Waals surface area contributed by atoms with Crippen LogP contribution in [0.25, 0.3) is 0 Å². The molecule has 1 aromatic heterocycles. The van der Waals surface area contributed by atoms with Gasteiger partial charge in [-0.3, -0.25) is 14.4 Å². The highest BCUT2D eigenvalue weighted by Crippen LogP contribution is 2.00. The molecule has 0 radical (unpaired) electrons. The average molecular weight is 252 g/mol. The molecule has 0 aliphatic rings. The summed E-state index contributed by atoms with van der Waals surface area (Å²) >= 11 is 0. The number of pyridine rings is 1. The van der Waals surface area contributed by atoms with E-state index in [4.69, 9.17) is 0 Å². The number of hydrogen-bond acceptors (Lipinski definition) is 4. The molecule has 1 aromatic rings. The van der Waals surface area contributed by atoms with Crippen molar-refractivity contribution in [3.05, 3.63) is 34.2 Å². The lowest BCUT2D eigenvalue weighted by Gasteiger charge is -2.16. The number of aromatic amines is 1. The second-order valence-corrected chi connectivity index (χ2v) is 3.84. The van der Waals surface area contributed by atoms with Gasteiger partial charge in [-0.25, -0.2) is 0 Å². The highest BCUT2D eigenvalue weighted by Gasteiger charge is 2.12.